The Labute approximate surface area is 160 Å². The minimum absolute atomic E-state index is 0.0179. The molecule has 2 rings (SSSR count). The van der Waals surface area contributed by atoms with Crippen molar-refractivity contribution in [2.75, 3.05) is 18.4 Å². The van der Waals surface area contributed by atoms with Crippen LogP contribution < -0.4 is 5.32 Å². The predicted molar refractivity (Wildman–Crippen MR) is 106 cm³/mol. The molecule has 144 valence electrons. The van der Waals surface area contributed by atoms with Crippen molar-refractivity contribution < 1.29 is 14.1 Å². The molecule has 2 amide bonds. The second-order valence-electron chi connectivity index (χ2n) is 6.44. The highest BCUT2D eigenvalue weighted by Crippen LogP contribution is 2.08. The first-order valence-electron chi connectivity index (χ1n) is 9.33. The number of unbranched alkanes of at least 4 members (excludes halogenated alkanes) is 3. The minimum atomic E-state index is -0.291. The van der Waals surface area contributed by atoms with E-state index in [0.29, 0.717) is 18.1 Å². The topological polar surface area (TPSA) is 75.4 Å². The number of aromatic nitrogens is 1. The van der Waals surface area contributed by atoms with Gasteiger partial charge < -0.3 is 14.7 Å². The molecule has 6 heteroatoms. The molecule has 0 saturated carbocycles. The van der Waals surface area contributed by atoms with Gasteiger partial charge in [0.05, 0.1) is 0 Å². The molecule has 1 N–H and O–H groups in total. The van der Waals surface area contributed by atoms with E-state index in [4.69, 9.17) is 4.52 Å². The molecule has 1 aromatic heterocycles. The maximum Gasteiger partial charge on any atom is 0.247 e. The third kappa shape index (κ3) is 7.48. The lowest BCUT2D eigenvalue weighted by atomic mass is 10.2. The average molecular weight is 369 g/mol. The van der Waals surface area contributed by atoms with Crippen LogP contribution in [0.5, 0.6) is 0 Å². The molecule has 1 heterocycles. The molecule has 0 aliphatic carbocycles. The van der Waals surface area contributed by atoms with Gasteiger partial charge in [-0.15, -0.1) is 0 Å². The molecule has 0 radical (unpaired) electrons. The van der Waals surface area contributed by atoms with Gasteiger partial charge in [0.1, 0.15) is 12.3 Å². The average Bonchev–Trinajstić information content (AvgIpc) is 3.07. The number of rotatable bonds is 10. The molecule has 1 aromatic carbocycles. The zero-order valence-corrected chi connectivity index (χ0v) is 16.0. The van der Waals surface area contributed by atoms with Crippen LogP contribution in [0.1, 0.15) is 43.9 Å². The van der Waals surface area contributed by atoms with Crippen LogP contribution in [-0.2, 0) is 9.59 Å². The molecular weight excluding hydrogens is 342 g/mol. The van der Waals surface area contributed by atoms with Gasteiger partial charge >= 0.3 is 0 Å². The van der Waals surface area contributed by atoms with Gasteiger partial charge in [-0.1, -0.05) is 61.7 Å². The van der Waals surface area contributed by atoms with Crippen molar-refractivity contribution in [1.29, 1.82) is 0 Å². The second-order valence-corrected chi connectivity index (χ2v) is 6.44. The van der Waals surface area contributed by atoms with Crippen LogP contribution in [0.25, 0.3) is 6.08 Å². The Bertz CT molecular complexity index is 753. The lowest BCUT2D eigenvalue weighted by Gasteiger charge is -2.20. The van der Waals surface area contributed by atoms with E-state index >= 15 is 0 Å². The van der Waals surface area contributed by atoms with Crippen LogP contribution in [0.2, 0.25) is 0 Å². The van der Waals surface area contributed by atoms with Gasteiger partial charge in [-0.3, -0.25) is 9.59 Å². The van der Waals surface area contributed by atoms with Crippen molar-refractivity contribution in [3.05, 3.63) is 53.8 Å². The Morgan fingerprint density at radius 1 is 1.19 bits per heavy atom. The van der Waals surface area contributed by atoms with Crippen molar-refractivity contribution in [1.82, 2.24) is 10.1 Å². The largest absolute Gasteiger partial charge is 0.360 e. The third-order valence-corrected chi connectivity index (χ3v) is 4.04. The molecule has 27 heavy (non-hydrogen) atoms. The first-order chi connectivity index (χ1) is 13.1. The number of hydrogen-bond donors (Lipinski definition) is 1. The summed E-state index contributed by atoms with van der Waals surface area (Å²) in [5, 5.41) is 6.41. The van der Waals surface area contributed by atoms with E-state index in [1.165, 1.54) is 6.08 Å². The van der Waals surface area contributed by atoms with Crippen LogP contribution in [0.4, 0.5) is 5.82 Å². The van der Waals surface area contributed by atoms with Crippen molar-refractivity contribution >= 4 is 23.7 Å². The zero-order chi connectivity index (χ0) is 19.5. The summed E-state index contributed by atoms with van der Waals surface area (Å²) < 4.78 is 4.94. The first kappa shape index (κ1) is 20.4. The summed E-state index contributed by atoms with van der Waals surface area (Å²) >= 11 is 0. The van der Waals surface area contributed by atoms with Crippen molar-refractivity contribution in [2.24, 2.45) is 0 Å². The Morgan fingerprint density at radius 2 is 1.96 bits per heavy atom. The summed E-state index contributed by atoms with van der Waals surface area (Å²) in [4.78, 5) is 26.5. The standard InChI is InChI=1S/C21H27N3O3/c1-3-4-5-9-14-24(16-20(25)22-19-15-17(2)27-23-19)21(26)13-12-18-10-7-6-8-11-18/h6-8,10-13,15H,3-5,9,14,16H2,1-2H3,(H,22,23,25). The SMILES string of the molecule is CCCCCCN(CC(=O)Nc1cc(C)on1)C(=O)C=Cc1ccccc1. The summed E-state index contributed by atoms with van der Waals surface area (Å²) in [6, 6.07) is 11.2. The van der Waals surface area contributed by atoms with Crippen molar-refractivity contribution in [3.8, 4) is 0 Å². The summed E-state index contributed by atoms with van der Waals surface area (Å²) in [6.45, 7) is 4.42. The lowest BCUT2D eigenvalue weighted by molar-refractivity contribution is -0.130. The number of benzene rings is 1. The molecule has 0 aliphatic rings. The highest BCUT2D eigenvalue weighted by atomic mass is 16.5. The number of nitrogens with one attached hydrogen (secondary N) is 1. The molecule has 2 aromatic rings. The number of aryl methyl sites for hydroxylation is 1. The monoisotopic (exact) mass is 369 g/mol. The van der Waals surface area contributed by atoms with Gasteiger partial charge in [-0.25, -0.2) is 0 Å². The highest BCUT2D eigenvalue weighted by molar-refractivity contribution is 5.97. The van der Waals surface area contributed by atoms with Gasteiger partial charge in [0.15, 0.2) is 5.82 Å². The molecule has 0 bridgehead atoms. The maximum atomic E-state index is 12.6. The van der Waals surface area contributed by atoms with Crippen LogP contribution in [0.15, 0.2) is 47.0 Å². The number of anilines is 1. The summed E-state index contributed by atoms with van der Waals surface area (Å²) in [7, 11) is 0. The molecule has 6 nitrogen and oxygen atoms in total. The quantitative estimate of drug-likeness (QED) is 0.506. The molecule has 0 saturated heterocycles. The van der Waals surface area contributed by atoms with E-state index in [-0.39, 0.29) is 18.4 Å². The van der Waals surface area contributed by atoms with Gasteiger partial charge in [0.2, 0.25) is 11.8 Å². The van der Waals surface area contributed by atoms with Gasteiger partial charge in [-0.05, 0) is 25.0 Å². The molecule has 0 unspecified atom stereocenters. The maximum absolute atomic E-state index is 12.6. The first-order valence-corrected chi connectivity index (χ1v) is 9.33. The minimum Gasteiger partial charge on any atom is -0.360 e. The molecule has 0 fully saturated rings. The van der Waals surface area contributed by atoms with Crippen molar-refractivity contribution in [3.63, 3.8) is 0 Å². The molecule has 0 atom stereocenters. The zero-order valence-electron chi connectivity index (χ0n) is 16.0. The second kappa shape index (κ2) is 11.0. The Kier molecular flexibility index (Phi) is 8.29. The van der Waals surface area contributed by atoms with E-state index in [0.717, 1.165) is 31.2 Å². The fourth-order valence-electron chi connectivity index (χ4n) is 2.61. The number of nitrogens with zero attached hydrogens (tertiary/aromatic N) is 2. The van der Waals surface area contributed by atoms with Crippen LogP contribution >= 0.6 is 0 Å². The predicted octanol–water partition coefficient (Wildman–Crippen LogP) is 4.04. The Balaban J connectivity index is 1.97. The normalized spacial score (nSPS) is 10.9. The van der Waals surface area contributed by atoms with Crippen LogP contribution in [-0.4, -0.2) is 35.0 Å². The van der Waals surface area contributed by atoms with E-state index in [9.17, 15) is 9.59 Å². The lowest BCUT2D eigenvalue weighted by Crippen LogP contribution is -2.37. The van der Waals surface area contributed by atoms with Crippen LogP contribution in [0.3, 0.4) is 0 Å². The highest BCUT2D eigenvalue weighted by Gasteiger charge is 2.16. The van der Waals surface area contributed by atoms with E-state index in [1.54, 1.807) is 24.0 Å². The van der Waals surface area contributed by atoms with Crippen molar-refractivity contribution in [2.45, 2.75) is 39.5 Å². The van der Waals surface area contributed by atoms with Gasteiger partial charge in [0, 0.05) is 18.7 Å². The number of carbonyl (C=O) groups is 2. The molecular formula is C21H27N3O3. The van der Waals surface area contributed by atoms with Gasteiger partial charge in [0.25, 0.3) is 0 Å². The number of carbonyl (C=O) groups excluding carboxylic acids is 2. The fraction of sp³-hybridized carbons (Fsp3) is 0.381. The smallest absolute Gasteiger partial charge is 0.247 e. The van der Waals surface area contributed by atoms with Crippen LogP contribution in [0, 0.1) is 6.92 Å². The molecule has 0 aliphatic heterocycles. The van der Waals surface area contributed by atoms with E-state index in [1.807, 2.05) is 30.3 Å². The Morgan fingerprint density at radius 3 is 2.63 bits per heavy atom. The summed E-state index contributed by atoms with van der Waals surface area (Å²) in [5.41, 5.74) is 0.944. The number of hydrogen-bond acceptors (Lipinski definition) is 4. The summed E-state index contributed by atoms with van der Waals surface area (Å²) in [6.07, 6.45) is 7.42. The van der Waals surface area contributed by atoms with E-state index < -0.39 is 0 Å². The fourth-order valence-corrected chi connectivity index (χ4v) is 2.61. The molecule has 0 spiro atoms. The summed E-state index contributed by atoms with van der Waals surface area (Å²) in [5.74, 6) is 0.501. The third-order valence-electron chi connectivity index (χ3n) is 4.04. The van der Waals surface area contributed by atoms with E-state index in [2.05, 4.69) is 17.4 Å². The van der Waals surface area contributed by atoms with Gasteiger partial charge in [-0.2, -0.15) is 0 Å². The Hall–Kier alpha value is -2.89. The number of amides is 2.